The van der Waals surface area contributed by atoms with Crippen molar-refractivity contribution >= 4 is 22.9 Å². The van der Waals surface area contributed by atoms with Crippen LogP contribution in [-0.4, -0.2) is 10.2 Å². The predicted octanol–water partition coefficient (Wildman–Crippen LogP) is 3.36. The topological polar surface area (TPSA) is 25.8 Å². The Bertz CT molecular complexity index is 506. The van der Waals surface area contributed by atoms with Gasteiger partial charge in [0.2, 0.25) is 0 Å². The van der Waals surface area contributed by atoms with Gasteiger partial charge in [0.15, 0.2) is 17.5 Å². The Hall–Kier alpha value is -1.14. The number of aromatic nitrogens is 2. The second-order valence-electron chi connectivity index (χ2n) is 2.89. The van der Waals surface area contributed by atoms with E-state index in [2.05, 4.69) is 10.2 Å². The highest BCUT2D eigenvalue weighted by atomic mass is 35.5. The van der Waals surface area contributed by atoms with Crippen LogP contribution in [0.15, 0.2) is 12.1 Å². The summed E-state index contributed by atoms with van der Waals surface area (Å²) in [6, 6.07) is 1.74. The minimum Gasteiger partial charge on any atom is -0.204 e. The molecular weight excluding hydrogens is 261 g/mol. The molecule has 0 saturated carbocycles. The summed E-state index contributed by atoms with van der Waals surface area (Å²) in [5.74, 6) is -3.83. The van der Waals surface area contributed by atoms with Gasteiger partial charge < -0.3 is 0 Å². The van der Waals surface area contributed by atoms with Crippen LogP contribution in [0.5, 0.6) is 0 Å². The van der Waals surface area contributed by atoms with E-state index >= 15 is 0 Å². The van der Waals surface area contributed by atoms with E-state index in [1.807, 2.05) is 0 Å². The lowest BCUT2D eigenvalue weighted by molar-refractivity contribution is 0.447. The number of hydrogen-bond donors (Lipinski definition) is 0. The molecule has 0 radical (unpaired) electrons. The van der Waals surface area contributed by atoms with Crippen LogP contribution in [0.25, 0.3) is 10.6 Å². The molecule has 0 unspecified atom stereocenters. The third-order valence-corrected chi connectivity index (χ3v) is 3.20. The quantitative estimate of drug-likeness (QED) is 0.614. The van der Waals surface area contributed by atoms with Crippen molar-refractivity contribution in [2.24, 2.45) is 0 Å². The molecule has 0 N–H and O–H groups in total. The molecule has 84 valence electrons. The van der Waals surface area contributed by atoms with Gasteiger partial charge in [0.05, 0.1) is 5.88 Å². The van der Waals surface area contributed by atoms with Crippen molar-refractivity contribution in [3.8, 4) is 10.6 Å². The molecule has 0 aliphatic rings. The van der Waals surface area contributed by atoms with Gasteiger partial charge in [-0.25, -0.2) is 13.2 Å². The molecule has 1 aromatic carbocycles. The number of halogens is 4. The van der Waals surface area contributed by atoms with E-state index in [-0.39, 0.29) is 11.4 Å². The first-order valence-corrected chi connectivity index (χ1v) is 5.50. The number of nitrogens with zero attached hydrogens (tertiary/aromatic N) is 2. The second-order valence-corrected chi connectivity index (χ2v) is 4.22. The van der Waals surface area contributed by atoms with Crippen LogP contribution in [0.2, 0.25) is 0 Å². The number of benzene rings is 1. The molecule has 0 saturated heterocycles. The summed E-state index contributed by atoms with van der Waals surface area (Å²) in [5, 5.41) is 8.22. The Kier molecular flexibility index (Phi) is 3.11. The molecule has 0 atom stereocenters. The smallest absolute Gasteiger partial charge is 0.194 e. The Morgan fingerprint density at radius 1 is 1.12 bits per heavy atom. The van der Waals surface area contributed by atoms with Crippen LogP contribution in [-0.2, 0) is 5.88 Å². The molecular formula is C9H4ClF3N2S. The summed E-state index contributed by atoms with van der Waals surface area (Å²) in [7, 11) is 0. The standard InChI is InChI=1S/C9H4ClF3N2S/c10-3-7-14-15-9(16-7)4-1-5(11)8(13)6(12)2-4/h1-2H,3H2. The maximum absolute atomic E-state index is 12.9. The molecule has 16 heavy (non-hydrogen) atoms. The molecule has 0 aliphatic heterocycles. The third-order valence-electron chi connectivity index (χ3n) is 1.81. The van der Waals surface area contributed by atoms with Crippen molar-refractivity contribution in [1.82, 2.24) is 10.2 Å². The Labute approximate surface area is 97.7 Å². The molecule has 2 aromatic rings. The molecule has 0 fully saturated rings. The van der Waals surface area contributed by atoms with Crippen molar-refractivity contribution in [2.45, 2.75) is 5.88 Å². The van der Waals surface area contributed by atoms with Crippen molar-refractivity contribution < 1.29 is 13.2 Å². The minimum atomic E-state index is -1.49. The minimum absolute atomic E-state index is 0.144. The molecule has 0 spiro atoms. The van der Waals surface area contributed by atoms with E-state index in [0.29, 0.717) is 10.0 Å². The van der Waals surface area contributed by atoms with Gasteiger partial charge in [0.25, 0.3) is 0 Å². The summed E-state index contributed by atoms with van der Waals surface area (Å²) < 4.78 is 38.6. The monoisotopic (exact) mass is 264 g/mol. The van der Waals surface area contributed by atoms with Crippen LogP contribution in [0.3, 0.4) is 0 Å². The molecule has 2 rings (SSSR count). The van der Waals surface area contributed by atoms with Gasteiger partial charge in [-0.1, -0.05) is 11.3 Å². The fraction of sp³-hybridized carbons (Fsp3) is 0.111. The summed E-state index contributed by atoms with van der Waals surface area (Å²) >= 11 is 6.61. The van der Waals surface area contributed by atoms with Gasteiger partial charge in [-0.15, -0.1) is 21.8 Å². The summed E-state index contributed by atoms with van der Waals surface area (Å²) in [6.45, 7) is 0. The zero-order chi connectivity index (χ0) is 11.7. The number of hydrogen-bond acceptors (Lipinski definition) is 3. The van der Waals surface area contributed by atoms with E-state index in [9.17, 15) is 13.2 Å². The molecule has 1 aromatic heterocycles. The highest BCUT2D eigenvalue weighted by Crippen LogP contribution is 2.26. The van der Waals surface area contributed by atoms with Crippen LogP contribution in [0, 0.1) is 17.5 Å². The van der Waals surface area contributed by atoms with Crippen molar-refractivity contribution in [3.05, 3.63) is 34.6 Å². The average molecular weight is 265 g/mol. The molecule has 0 amide bonds. The fourth-order valence-corrected chi connectivity index (χ4v) is 2.00. The highest BCUT2D eigenvalue weighted by molar-refractivity contribution is 7.14. The molecule has 2 nitrogen and oxygen atoms in total. The first-order chi connectivity index (χ1) is 7.61. The maximum Gasteiger partial charge on any atom is 0.194 e. The number of rotatable bonds is 2. The lowest BCUT2D eigenvalue weighted by Gasteiger charge is -1.98. The van der Waals surface area contributed by atoms with E-state index in [1.54, 1.807) is 0 Å². The Morgan fingerprint density at radius 2 is 1.75 bits per heavy atom. The van der Waals surface area contributed by atoms with E-state index in [4.69, 9.17) is 11.6 Å². The van der Waals surface area contributed by atoms with Crippen molar-refractivity contribution in [2.75, 3.05) is 0 Å². The van der Waals surface area contributed by atoms with E-state index in [0.717, 1.165) is 23.5 Å². The van der Waals surface area contributed by atoms with Gasteiger partial charge in [-0.3, -0.25) is 0 Å². The normalized spacial score (nSPS) is 10.8. The predicted molar refractivity (Wildman–Crippen MR) is 54.8 cm³/mol. The molecule has 0 aliphatic carbocycles. The van der Waals surface area contributed by atoms with Crippen LogP contribution in [0.4, 0.5) is 13.2 Å². The van der Waals surface area contributed by atoms with Crippen LogP contribution >= 0.6 is 22.9 Å². The maximum atomic E-state index is 12.9. The lowest BCUT2D eigenvalue weighted by atomic mass is 10.2. The van der Waals surface area contributed by atoms with Crippen molar-refractivity contribution in [1.29, 1.82) is 0 Å². The largest absolute Gasteiger partial charge is 0.204 e. The molecule has 0 bridgehead atoms. The van der Waals surface area contributed by atoms with Gasteiger partial charge >= 0.3 is 0 Å². The zero-order valence-corrected chi connectivity index (χ0v) is 9.25. The highest BCUT2D eigenvalue weighted by Gasteiger charge is 2.14. The lowest BCUT2D eigenvalue weighted by Crippen LogP contribution is -1.91. The zero-order valence-electron chi connectivity index (χ0n) is 7.68. The van der Waals surface area contributed by atoms with Gasteiger partial charge in [-0.05, 0) is 12.1 Å². The first-order valence-electron chi connectivity index (χ1n) is 4.15. The number of alkyl halides is 1. The summed E-state index contributed by atoms with van der Waals surface area (Å²) in [6.07, 6.45) is 0. The third kappa shape index (κ3) is 2.03. The summed E-state index contributed by atoms with van der Waals surface area (Å²) in [4.78, 5) is 0. The SMILES string of the molecule is Fc1cc(-c2nnc(CCl)s2)cc(F)c1F. The Balaban J connectivity index is 2.48. The second kappa shape index (κ2) is 4.39. The van der Waals surface area contributed by atoms with E-state index < -0.39 is 17.5 Å². The Morgan fingerprint density at radius 3 is 2.25 bits per heavy atom. The molecule has 1 heterocycles. The fourth-order valence-electron chi connectivity index (χ4n) is 1.10. The van der Waals surface area contributed by atoms with Gasteiger partial charge in [0, 0.05) is 5.56 Å². The first kappa shape index (κ1) is 11.3. The summed E-state index contributed by atoms with van der Waals surface area (Å²) in [5.41, 5.74) is 0.144. The van der Waals surface area contributed by atoms with E-state index in [1.165, 1.54) is 0 Å². The van der Waals surface area contributed by atoms with Gasteiger partial charge in [-0.2, -0.15) is 0 Å². The molecule has 7 heteroatoms. The van der Waals surface area contributed by atoms with Crippen LogP contribution < -0.4 is 0 Å². The van der Waals surface area contributed by atoms with Crippen molar-refractivity contribution in [3.63, 3.8) is 0 Å². The van der Waals surface area contributed by atoms with Crippen LogP contribution in [0.1, 0.15) is 5.01 Å². The average Bonchev–Trinajstić information content (AvgIpc) is 2.73. The van der Waals surface area contributed by atoms with Gasteiger partial charge in [0.1, 0.15) is 10.0 Å².